The Kier molecular flexibility index (Phi) is 11.8. The highest BCUT2D eigenvalue weighted by atomic mass is 79.9. The fourth-order valence-electron chi connectivity index (χ4n) is 4.98. The van der Waals surface area contributed by atoms with Crippen LogP contribution in [0, 0.1) is 11.3 Å². The number of hydrogen-bond donors (Lipinski definition) is 3. The molecule has 0 spiro atoms. The van der Waals surface area contributed by atoms with Gasteiger partial charge in [0.15, 0.2) is 0 Å². The normalized spacial score (nSPS) is 17.2. The molecular formula is C30H39BrF3N3O4. The van der Waals surface area contributed by atoms with E-state index in [-0.39, 0.29) is 48.6 Å². The Hall–Kier alpha value is -3.08. The average Bonchev–Trinajstić information content (AvgIpc) is 2.86. The molecule has 7 nitrogen and oxygen atoms in total. The molecular weight excluding hydrogens is 603 g/mol. The Labute approximate surface area is 248 Å². The molecule has 3 N–H and O–H groups in total. The highest BCUT2D eigenvalue weighted by Gasteiger charge is 2.34. The molecule has 1 fully saturated rings. The van der Waals surface area contributed by atoms with Crippen LogP contribution in [-0.4, -0.2) is 40.5 Å². The molecule has 3 rings (SSSR count). The van der Waals surface area contributed by atoms with E-state index in [1.54, 1.807) is 29.2 Å². The number of nitrogens with one attached hydrogen (secondary N) is 2. The Morgan fingerprint density at radius 1 is 1.00 bits per heavy atom. The number of hydrogen-bond acceptors (Lipinski definition) is 3. The number of carboxylic acid groups (broad SMARTS) is 1. The SMILES string of the molecule is C.CC(C)(C)C1CCC(N(Cc2ccc(C(=O)NCCC(=O)O)cc2)C(=O)Nc2cc(Br)cc(C(F)(F)F)c2)CC1. The fraction of sp³-hybridized carbons (Fsp3) is 0.500. The second-order valence-corrected chi connectivity index (χ2v) is 12.2. The smallest absolute Gasteiger partial charge is 0.416 e. The number of carbonyl (C=O) groups excluding carboxylic acids is 2. The van der Waals surface area contributed by atoms with Gasteiger partial charge in [-0.15, -0.1) is 0 Å². The number of carboxylic acids is 1. The molecule has 1 aliphatic rings. The first-order chi connectivity index (χ1) is 18.6. The largest absolute Gasteiger partial charge is 0.481 e. The van der Waals surface area contributed by atoms with Crippen molar-refractivity contribution in [3.63, 3.8) is 0 Å². The van der Waals surface area contributed by atoms with Gasteiger partial charge < -0.3 is 20.6 Å². The summed E-state index contributed by atoms with van der Waals surface area (Å²) in [5.41, 5.74) is 0.411. The van der Waals surface area contributed by atoms with Crippen LogP contribution in [0.3, 0.4) is 0 Å². The van der Waals surface area contributed by atoms with Gasteiger partial charge in [-0.05, 0) is 72.9 Å². The van der Waals surface area contributed by atoms with Gasteiger partial charge >= 0.3 is 18.2 Å². The molecule has 1 aliphatic carbocycles. The number of halogens is 4. The lowest BCUT2D eigenvalue weighted by Crippen LogP contribution is -2.45. The zero-order chi connectivity index (χ0) is 29.7. The molecule has 41 heavy (non-hydrogen) atoms. The molecule has 0 unspecified atom stereocenters. The van der Waals surface area contributed by atoms with Crippen LogP contribution in [0.1, 0.15) is 81.8 Å². The van der Waals surface area contributed by atoms with Crippen LogP contribution in [0.15, 0.2) is 46.9 Å². The van der Waals surface area contributed by atoms with Crippen molar-refractivity contribution in [3.8, 4) is 0 Å². The van der Waals surface area contributed by atoms with Gasteiger partial charge in [0.1, 0.15) is 0 Å². The fourth-order valence-corrected chi connectivity index (χ4v) is 5.48. The van der Waals surface area contributed by atoms with E-state index < -0.39 is 29.6 Å². The van der Waals surface area contributed by atoms with Gasteiger partial charge in [-0.1, -0.05) is 56.3 Å². The molecule has 3 amide bonds. The summed E-state index contributed by atoms with van der Waals surface area (Å²) in [7, 11) is 0. The summed E-state index contributed by atoms with van der Waals surface area (Å²) in [4.78, 5) is 38.1. The van der Waals surface area contributed by atoms with E-state index >= 15 is 0 Å². The number of rotatable bonds is 8. The zero-order valence-electron chi connectivity index (χ0n) is 22.8. The maximum Gasteiger partial charge on any atom is 0.416 e. The van der Waals surface area contributed by atoms with Gasteiger partial charge in [-0.3, -0.25) is 9.59 Å². The topological polar surface area (TPSA) is 98.7 Å². The predicted molar refractivity (Wildman–Crippen MR) is 157 cm³/mol. The number of urea groups is 1. The van der Waals surface area contributed by atoms with E-state index in [9.17, 15) is 27.6 Å². The Balaban J connectivity index is 0.00000588. The van der Waals surface area contributed by atoms with Crippen molar-refractivity contribution in [2.75, 3.05) is 11.9 Å². The lowest BCUT2D eigenvalue weighted by Gasteiger charge is -2.41. The van der Waals surface area contributed by atoms with Gasteiger partial charge in [0.25, 0.3) is 5.91 Å². The second kappa shape index (κ2) is 14.2. The average molecular weight is 643 g/mol. The van der Waals surface area contributed by atoms with Crippen LogP contribution in [0.25, 0.3) is 0 Å². The molecule has 0 radical (unpaired) electrons. The summed E-state index contributed by atoms with van der Waals surface area (Å²) < 4.78 is 40.3. The van der Waals surface area contributed by atoms with Crippen LogP contribution in [-0.2, 0) is 17.5 Å². The van der Waals surface area contributed by atoms with Gasteiger partial charge in [-0.2, -0.15) is 13.2 Å². The highest BCUT2D eigenvalue weighted by molar-refractivity contribution is 9.10. The molecule has 1 saturated carbocycles. The van der Waals surface area contributed by atoms with Crippen molar-refractivity contribution in [1.82, 2.24) is 10.2 Å². The third-order valence-corrected chi connectivity index (χ3v) is 7.75. The molecule has 0 bridgehead atoms. The van der Waals surface area contributed by atoms with Crippen molar-refractivity contribution in [2.24, 2.45) is 11.3 Å². The molecule has 226 valence electrons. The van der Waals surface area contributed by atoms with Crippen LogP contribution >= 0.6 is 15.9 Å². The molecule has 0 aromatic heterocycles. The standard InChI is InChI=1S/C29H35BrF3N3O4.CH4/c1-28(2,3)20-8-10-24(11-9-20)36(27(40)35-23-15-21(29(31,32)33)14-22(30)16-23)17-18-4-6-19(7-5-18)26(39)34-13-12-25(37)38;/h4-7,14-16,20,24H,8-13,17H2,1-3H3,(H,34,39)(H,35,40)(H,37,38);1H4. The van der Waals surface area contributed by atoms with Gasteiger partial charge in [0.2, 0.25) is 0 Å². The van der Waals surface area contributed by atoms with E-state index in [2.05, 4.69) is 47.3 Å². The van der Waals surface area contributed by atoms with E-state index in [0.29, 0.717) is 11.5 Å². The highest BCUT2D eigenvalue weighted by Crippen LogP contribution is 2.39. The first-order valence-corrected chi connectivity index (χ1v) is 14.0. The first-order valence-electron chi connectivity index (χ1n) is 13.2. The van der Waals surface area contributed by atoms with Crippen molar-refractivity contribution >= 4 is 39.5 Å². The molecule has 2 aromatic rings. The predicted octanol–water partition coefficient (Wildman–Crippen LogP) is 7.95. The van der Waals surface area contributed by atoms with E-state index in [1.165, 1.54) is 6.07 Å². The minimum Gasteiger partial charge on any atom is -0.481 e. The number of carbonyl (C=O) groups is 3. The van der Waals surface area contributed by atoms with E-state index in [1.807, 2.05) is 0 Å². The van der Waals surface area contributed by atoms with Crippen LogP contribution < -0.4 is 10.6 Å². The van der Waals surface area contributed by atoms with Crippen molar-refractivity contribution in [2.45, 2.75) is 79.1 Å². The van der Waals surface area contributed by atoms with Crippen LogP contribution in [0.2, 0.25) is 0 Å². The molecule has 11 heteroatoms. The molecule has 2 aromatic carbocycles. The lowest BCUT2D eigenvalue weighted by molar-refractivity contribution is -0.138. The number of amides is 3. The molecule has 0 aliphatic heterocycles. The third-order valence-electron chi connectivity index (χ3n) is 7.29. The Bertz CT molecular complexity index is 1200. The number of anilines is 1. The van der Waals surface area contributed by atoms with Crippen LogP contribution in [0.5, 0.6) is 0 Å². The number of nitrogens with zero attached hydrogens (tertiary/aromatic N) is 1. The minimum absolute atomic E-state index is 0. The third kappa shape index (κ3) is 10.1. The maximum atomic E-state index is 13.5. The number of benzene rings is 2. The van der Waals surface area contributed by atoms with Gasteiger partial charge in [0.05, 0.1) is 12.0 Å². The Morgan fingerprint density at radius 2 is 1.61 bits per heavy atom. The van der Waals surface area contributed by atoms with E-state index in [4.69, 9.17) is 5.11 Å². The summed E-state index contributed by atoms with van der Waals surface area (Å²) in [6, 6.07) is 9.33. The zero-order valence-corrected chi connectivity index (χ0v) is 24.4. The first kappa shape index (κ1) is 34.1. The van der Waals surface area contributed by atoms with Gasteiger partial charge in [0, 0.05) is 34.9 Å². The quantitative estimate of drug-likeness (QED) is 0.272. The summed E-state index contributed by atoms with van der Waals surface area (Å²) >= 11 is 3.10. The summed E-state index contributed by atoms with van der Waals surface area (Å²) in [6.07, 6.45) is -1.34. The molecule has 0 heterocycles. The maximum absolute atomic E-state index is 13.5. The summed E-state index contributed by atoms with van der Waals surface area (Å²) in [5.74, 6) is -0.909. The summed E-state index contributed by atoms with van der Waals surface area (Å²) in [6.45, 7) is 6.82. The number of alkyl halides is 3. The molecule has 0 atom stereocenters. The van der Waals surface area contributed by atoms with Crippen molar-refractivity contribution in [3.05, 3.63) is 63.6 Å². The lowest BCUT2D eigenvalue weighted by atomic mass is 9.71. The van der Waals surface area contributed by atoms with Crippen molar-refractivity contribution < 1.29 is 32.7 Å². The Morgan fingerprint density at radius 3 is 2.15 bits per heavy atom. The van der Waals surface area contributed by atoms with Gasteiger partial charge in [-0.25, -0.2) is 4.79 Å². The molecule has 0 saturated heterocycles. The van der Waals surface area contributed by atoms with Crippen molar-refractivity contribution in [1.29, 1.82) is 0 Å². The van der Waals surface area contributed by atoms with E-state index in [0.717, 1.165) is 43.4 Å². The monoisotopic (exact) mass is 641 g/mol. The minimum atomic E-state index is -4.56. The number of aliphatic carboxylic acids is 1. The summed E-state index contributed by atoms with van der Waals surface area (Å²) in [5, 5.41) is 13.9. The second-order valence-electron chi connectivity index (χ2n) is 11.3. The van der Waals surface area contributed by atoms with Crippen LogP contribution in [0.4, 0.5) is 23.7 Å².